The van der Waals surface area contributed by atoms with Crippen molar-refractivity contribution in [2.24, 2.45) is 0 Å². The zero-order valence-electron chi connectivity index (χ0n) is 29.7. The summed E-state index contributed by atoms with van der Waals surface area (Å²) >= 11 is 0. The number of fused-ring (bicyclic) bond motifs is 1. The van der Waals surface area contributed by atoms with Crippen LogP contribution in [-0.2, 0) is 6.42 Å². The van der Waals surface area contributed by atoms with Crippen LogP contribution in [0.5, 0.6) is 11.5 Å². The van der Waals surface area contributed by atoms with Crippen LogP contribution in [0.4, 0.5) is 0 Å². The molecule has 248 valence electrons. The lowest BCUT2D eigenvalue weighted by Crippen LogP contribution is -2.16. The molecular weight excluding hydrogens is 581 g/mol. The molecule has 0 spiro atoms. The number of aromatic nitrogens is 2. The third-order valence-electron chi connectivity index (χ3n) is 7.98. The summed E-state index contributed by atoms with van der Waals surface area (Å²) in [6.45, 7) is 14.9. The highest BCUT2D eigenvalue weighted by molar-refractivity contribution is 6.83. The Labute approximate surface area is 281 Å². The maximum Gasteiger partial charge on any atom is 0.135 e. The molecule has 5 heteroatoms. The van der Waals surface area contributed by atoms with E-state index in [4.69, 9.17) is 9.47 Å². The fourth-order valence-corrected chi connectivity index (χ4v) is 5.75. The van der Waals surface area contributed by atoms with Gasteiger partial charge in [-0.25, -0.2) is 0 Å². The second-order valence-corrected chi connectivity index (χ2v) is 18.2. The molecule has 46 heavy (non-hydrogen) atoms. The Hall–Kier alpha value is -3.28. The van der Waals surface area contributed by atoms with Gasteiger partial charge in [0.1, 0.15) is 19.6 Å². The second kappa shape index (κ2) is 20.8. The Morgan fingerprint density at radius 2 is 1.28 bits per heavy atom. The van der Waals surface area contributed by atoms with Crippen molar-refractivity contribution in [1.82, 2.24) is 10.2 Å². The van der Waals surface area contributed by atoms with Gasteiger partial charge in [0.15, 0.2) is 0 Å². The van der Waals surface area contributed by atoms with E-state index < -0.39 is 8.07 Å². The minimum atomic E-state index is -1.51. The normalized spacial score (nSPS) is 11.1. The molecule has 0 saturated heterocycles. The predicted octanol–water partition coefficient (Wildman–Crippen LogP) is 11.1. The fraction of sp³-hybridized carbons (Fsp3) is 0.561. The van der Waals surface area contributed by atoms with Crippen LogP contribution in [0.3, 0.4) is 0 Å². The van der Waals surface area contributed by atoms with Crippen molar-refractivity contribution in [2.75, 3.05) is 13.2 Å². The van der Waals surface area contributed by atoms with Crippen LogP contribution in [0.2, 0.25) is 19.6 Å². The first-order chi connectivity index (χ1) is 22.3. The van der Waals surface area contributed by atoms with E-state index in [1.807, 2.05) is 30.3 Å². The van der Waals surface area contributed by atoms with Gasteiger partial charge in [-0.15, -0.1) is 5.54 Å². The number of hydrogen-bond acceptors (Lipinski definition) is 4. The van der Waals surface area contributed by atoms with Crippen LogP contribution < -0.4 is 9.47 Å². The quantitative estimate of drug-likeness (QED) is 0.0744. The van der Waals surface area contributed by atoms with Crippen molar-refractivity contribution < 1.29 is 9.47 Å². The van der Waals surface area contributed by atoms with Crippen molar-refractivity contribution >= 4 is 19.0 Å². The Balaban J connectivity index is 1.92. The minimum absolute atomic E-state index is 0.694. The number of ether oxygens (including phenoxy) is 2. The molecule has 1 aromatic heterocycles. The van der Waals surface area contributed by atoms with Gasteiger partial charge < -0.3 is 9.47 Å². The molecule has 0 fully saturated rings. The summed E-state index contributed by atoms with van der Waals surface area (Å²) in [7, 11) is -1.51. The van der Waals surface area contributed by atoms with E-state index in [1.165, 1.54) is 64.2 Å². The maximum atomic E-state index is 6.33. The van der Waals surface area contributed by atoms with Crippen molar-refractivity contribution in [2.45, 2.75) is 137 Å². The van der Waals surface area contributed by atoms with Gasteiger partial charge in [0.05, 0.1) is 35.6 Å². The van der Waals surface area contributed by atoms with Gasteiger partial charge in [0, 0.05) is 10.9 Å². The van der Waals surface area contributed by atoms with E-state index in [1.54, 1.807) is 0 Å². The van der Waals surface area contributed by atoms with Gasteiger partial charge in [-0.05, 0) is 62.1 Å². The molecule has 3 aromatic rings. The first-order valence-corrected chi connectivity index (χ1v) is 21.6. The average Bonchev–Trinajstić information content (AvgIpc) is 3.04. The average molecular weight is 639 g/mol. The Kier molecular flexibility index (Phi) is 16.8. The largest absolute Gasteiger partial charge is 0.494 e. The van der Waals surface area contributed by atoms with Gasteiger partial charge in [-0.3, -0.25) is 0 Å². The van der Waals surface area contributed by atoms with Gasteiger partial charge in [-0.1, -0.05) is 129 Å². The lowest BCUT2D eigenvalue weighted by molar-refractivity contribution is 0.295. The number of hydrogen-bond donors (Lipinski definition) is 0. The van der Waals surface area contributed by atoms with Crippen molar-refractivity contribution in [3.05, 3.63) is 58.8 Å². The molecule has 3 rings (SSSR count). The summed E-state index contributed by atoms with van der Waals surface area (Å²) in [5.41, 5.74) is 8.09. The molecule has 0 atom stereocenters. The summed E-state index contributed by atoms with van der Waals surface area (Å²) in [6.07, 6.45) is 17.8. The summed E-state index contributed by atoms with van der Waals surface area (Å²) in [5.74, 6) is 12.1. The highest BCUT2D eigenvalue weighted by Crippen LogP contribution is 2.26. The van der Waals surface area contributed by atoms with E-state index >= 15 is 0 Å². The van der Waals surface area contributed by atoms with Crippen LogP contribution in [-0.4, -0.2) is 31.5 Å². The molecule has 0 saturated carbocycles. The van der Waals surface area contributed by atoms with Gasteiger partial charge in [-0.2, -0.15) is 10.2 Å². The van der Waals surface area contributed by atoms with Gasteiger partial charge >= 0.3 is 0 Å². The number of nitrogens with zero attached hydrogens (tertiary/aromatic N) is 2. The molecular formula is C41H58N2O2Si. The highest BCUT2D eigenvalue weighted by atomic mass is 28.3. The summed E-state index contributed by atoms with van der Waals surface area (Å²) in [6, 6.07) is 12.3. The monoisotopic (exact) mass is 638 g/mol. The zero-order chi connectivity index (χ0) is 33.0. The summed E-state index contributed by atoms with van der Waals surface area (Å²) in [4.78, 5) is 0. The molecule has 4 nitrogen and oxygen atoms in total. The Morgan fingerprint density at radius 1 is 0.630 bits per heavy atom. The number of rotatable bonds is 19. The molecule has 1 heterocycles. The Bertz CT molecular complexity index is 1470. The molecule has 0 aliphatic heterocycles. The topological polar surface area (TPSA) is 44.2 Å². The highest BCUT2D eigenvalue weighted by Gasteiger charge is 2.12. The van der Waals surface area contributed by atoms with E-state index in [0.29, 0.717) is 6.61 Å². The lowest BCUT2D eigenvalue weighted by atomic mass is 10.0. The van der Waals surface area contributed by atoms with Crippen molar-refractivity contribution in [1.29, 1.82) is 0 Å². The zero-order valence-corrected chi connectivity index (χ0v) is 30.7. The van der Waals surface area contributed by atoms with Crippen LogP contribution in [0.1, 0.15) is 133 Å². The maximum absolute atomic E-state index is 6.33. The van der Waals surface area contributed by atoms with E-state index in [0.717, 1.165) is 83.5 Å². The second-order valence-electron chi connectivity index (χ2n) is 13.5. The molecule has 2 aromatic carbocycles. The van der Waals surface area contributed by atoms with Crippen LogP contribution >= 0.6 is 0 Å². The molecule has 0 radical (unpaired) electrons. The summed E-state index contributed by atoms with van der Waals surface area (Å²) in [5, 5.41) is 10.2. The molecule has 0 bridgehead atoms. The first kappa shape index (κ1) is 37.2. The summed E-state index contributed by atoms with van der Waals surface area (Å²) < 4.78 is 12.5. The smallest absolute Gasteiger partial charge is 0.135 e. The van der Waals surface area contributed by atoms with E-state index in [9.17, 15) is 0 Å². The fourth-order valence-electron chi connectivity index (χ4n) is 5.23. The third kappa shape index (κ3) is 13.6. The minimum Gasteiger partial charge on any atom is -0.494 e. The third-order valence-corrected chi connectivity index (χ3v) is 8.85. The molecule has 0 N–H and O–H groups in total. The van der Waals surface area contributed by atoms with Crippen molar-refractivity contribution in [3.63, 3.8) is 0 Å². The predicted molar refractivity (Wildman–Crippen MR) is 199 cm³/mol. The number of benzene rings is 2. The van der Waals surface area contributed by atoms with E-state index in [2.05, 4.69) is 80.0 Å². The molecule has 0 aliphatic carbocycles. The Morgan fingerprint density at radius 3 is 1.96 bits per heavy atom. The van der Waals surface area contributed by atoms with Crippen LogP contribution in [0, 0.1) is 23.3 Å². The van der Waals surface area contributed by atoms with Gasteiger partial charge in [0.25, 0.3) is 0 Å². The van der Waals surface area contributed by atoms with Crippen LogP contribution in [0.15, 0.2) is 36.4 Å². The molecule has 0 amide bonds. The number of aryl methyl sites for hydroxylation is 1. The van der Waals surface area contributed by atoms with Crippen molar-refractivity contribution in [3.8, 4) is 34.8 Å². The van der Waals surface area contributed by atoms with E-state index in [-0.39, 0.29) is 0 Å². The SMILES string of the molecule is CCCCCCCCOc1ccc(OCCCCCCCC)c(C#Cc2c(CCCC)nnc3ccc(C#C[Si](C)(C)C)cc23)c1. The lowest BCUT2D eigenvalue weighted by Gasteiger charge is -2.12. The molecule has 0 unspecified atom stereocenters. The van der Waals surface area contributed by atoms with Crippen LogP contribution in [0.25, 0.3) is 10.9 Å². The first-order valence-electron chi connectivity index (χ1n) is 18.1. The van der Waals surface area contributed by atoms with Gasteiger partial charge in [0.2, 0.25) is 0 Å². The molecule has 0 aliphatic rings. The number of unbranched alkanes of at least 4 members (excludes halogenated alkanes) is 11. The standard InChI is InChI=1S/C41H58N2O2Si/c1-7-10-13-15-17-19-29-44-36-24-27-41(45-30-20-18-16-14-11-8-2)35(33-36)23-25-37-38-32-34(28-31-46(4,5)6)22-26-40(38)43-42-39(37)21-12-9-3/h22,24,26-27,32-33H,7-21,29-30H2,1-6H3.